The van der Waals surface area contributed by atoms with Crippen LogP contribution in [0.5, 0.6) is 0 Å². The van der Waals surface area contributed by atoms with E-state index in [4.69, 9.17) is 0 Å². The quantitative estimate of drug-likeness (QED) is 0.896. The van der Waals surface area contributed by atoms with Crippen LogP contribution in [0.25, 0.3) is 0 Å². The van der Waals surface area contributed by atoms with Gasteiger partial charge in [0.2, 0.25) is 5.91 Å². The van der Waals surface area contributed by atoms with Gasteiger partial charge in [-0.3, -0.25) is 4.79 Å². The molecule has 0 radical (unpaired) electrons. The number of piperidine rings is 1. The van der Waals surface area contributed by atoms with Crippen molar-refractivity contribution in [2.45, 2.75) is 51.5 Å². The average Bonchev–Trinajstić information content (AvgIpc) is 2.55. The Balaban J connectivity index is 1.65. The zero-order valence-electron chi connectivity index (χ0n) is 13.0. The van der Waals surface area contributed by atoms with Crippen LogP contribution in [0.4, 0.5) is 0 Å². The second kappa shape index (κ2) is 6.18. The number of hydrogen-bond donors (Lipinski definition) is 2. The summed E-state index contributed by atoms with van der Waals surface area (Å²) in [7, 11) is 0. The van der Waals surface area contributed by atoms with Gasteiger partial charge in [-0.1, -0.05) is 31.2 Å². The van der Waals surface area contributed by atoms with Crippen LogP contribution >= 0.6 is 0 Å². The molecule has 114 valence electrons. The van der Waals surface area contributed by atoms with Crippen molar-refractivity contribution in [3.05, 3.63) is 35.4 Å². The van der Waals surface area contributed by atoms with E-state index >= 15 is 0 Å². The summed E-state index contributed by atoms with van der Waals surface area (Å²) in [5.41, 5.74) is 2.67. The van der Waals surface area contributed by atoms with Crippen molar-refractivity contribution < 1.29 is 4.79 Å². The number of aryl methyl sites for hydroxylation is 1. The Bertz CT molecular complexity index is 506. The molecule has 1 aliphatic heterocycles. The highest BCUT2D eigenvalue weighted by atomic mass is 16.2. The van der Waals surface area contributed by atoms with Crippen molar-refractivity contribution >= 4 is 5.91 Å². The van der Waals surface area contributed by atoms with Crippen molar-refractivity contribution in [1.82, 2.24) is 10.6 Å². The SMILES string of the molecule is CCC1(C(=O)NC2CCc3ccccc3C2)CCCNC1. The monoisotopic (exact) mass is 286 g/mol. The van der Waals surface area contributed by atoms with Gasteiger partial charge in [-0.15, -0.1) is 0 Å². The van der Waals surface area contributed by atoms with Crippen LogP contribution in [0.1, 0.15) is 43.7 Å². The lowest BCUT2D eigenvalue weighted by Crippen LogP contribution is -2.53. The van der Waals surface area contributed by atoms with E-state index in [1.807, 2.05) is 0 Å². The highest BCUT2D eigenvalue weighted by molar-refractivity contribution is 5.83. The zero-order valence-corrected chi connectivity index (χ0v) is 13.0. The first-order valence-electron chi connectivity index (χ1n) is 8.32. The first-order valence-corrected chi connectivity index (χ1v) is 8.32. The van der Waals surface area contributed by atoms with Gasteiger partial charge in [0.25, 0.3) is 0 Å². The number of fused-ring (bicyclic) bond motifs is 1. The first-order chi connectivity index (χ1) is 10.2. The summed E-state index contributed by atoms with van der Waals surface area (Å²) >= 11 is 0. The molecule has 2 N–H and O–H groups in total. The van der Waals surface area contributed by atoms with Gasteiger partial charge in [0.1, 0.15) is 0 Å². The minimum atomic E-state index is -0.185. The van der Waals surface area contributed by atoms with Gasteiger partial charge in [0.15, 0.2) is 0 Å². The summed E-state index contributed by atoms with van der Waals surface area (Å²) < 4.78 is 0. The molecule has 2 unspecified atom stereocenters. The van der Waals surface area contributed by atoms with Crippen LogP contribution < -0.4 is 10.6 Å². The number of carbonyl (C=O) groups is 1. The number of carbonyl (C=O) groups excluding carboxylic acids is 1. The maximum Gasteiger partial charge on any atom is 0.227 e. The van der Waals surface area contributed by atoms with Crippen molar-refractivity contribution in [1.29, 1.82) is 0 Å². The number of amides is 1. The van der Waals surface area contributed by atoms with Crippen LogP contribution in [0.2, 0.25) is 0 Å². The maximum atomic E-state index is 12.8. The van der Waals surface area contributed by atoms with E-state index in [1.54, 1.807) is 0 Å². The molecule has 1 aromatic carbocycles. The van der Waals surface area contributed by atoms with E-state index in [-0.39, 0.29) is 11.3 Å². The lowest BCUT2D eigenvalue weighted by molar-refractivity contribution is -0.133. The van der Waals surface area contributed by atoms with E-state index in [0.29, 0.717) is 6.04 Å². The molecule has 0 spiro atoms. The van der Waals surface area contributed by atoms with Gasteiger partial charge in [0, 0.05) is 12.6 Å². The van der Waals surface area contributed by atoms with E-state index in [0.717, 1.165) is 51.6 Å². The molecule has 21 heavy (non-hydrogen) atoms. The van der Waals surface area contributed by atoms with Crippen molar-refractivity contribution in [3.8, 4) is 0 Å². The summed E-state index contributed by atoms with van der Waals surface area (Å²) in [6.45, 7) is 4.02. The fraction of sp³-hybridized carbons (Fsp3) is 0.611. The summed E-state index contributed by atoms with van der Waals surface area (Å²) in [5.74, 6) is 0.265. The smallest absolute Gasteiger partial charge is 0.227 e. The summed E-state index contributed by atoms with van der Waals surface area (Å²) in [4.78, 5) is 12.8. The molecule has 1 fully saturated rings. The second-order valence-electron chi connectivity index (χ2n) is 6.60. The molecule has 0 saturated carbocycles. The number of hydrogen-bond acceptors (Lipinski definition) is 2. The minimum absolute atomic E-state index is 0.185. The van der Waals surface area contributed by atoms with Crippen LogP contribution in [-0.2, 0) is 17.6 Å². The molecule has 2 atom stereocenters. The third kappa shape index (κ3) is 2.98. The molecule has 1 saturated heterocycles. The molecule has 3 heteroatoms. The standard InChI is InChI=1S/C18H26N2O/c1-2-18(10-5-11-19-13-18)17(21)20-16-9-8-14-6-3-4-7-15(14)12-16/h3-4,6-7,16,19H,2,5,8-13H2,1H3,(H,20,21). The molecule has 0 aromatic heterocycles. The Morgan fingerprint density at radius 2 is 2.19 bits per heavy atom. The first kappa shape index (κ1) is 14.6. The third-order valence-electron chi connectivity index (χ3n) is 5.31. The normalized spacial score (nSPS) is 28.7. The van der Waals surface area contributed by atoms with Crippen LogP contribution in [0.3, 0.4) is 0 Å². The van der Waals surface area contributed by atoms with E-state index < -0.39 is 0 Å². The Morgan fingerprint density at radius 3 is 2.90 bits per heavy atom. The number of nitrogens with one attached hydrogen (secondary N) is 2. The minimum Gasteiger partial charge on any atom is -0.353 e. The van der Waals surface area contributed by atoms with Crippen LogP contribution in [-0.4, -0.2) is 25.0 Å². The van der Waals surface area contributed by atoms with Gasteiger partial charge in [-0.2, -0.15) is 0 Å². The lowest BCUT2D eigenvalue weighted by Gasteiger charge is -2.37. The van der Waals surface area contributed by atoms with Gasteiger partial charge in [-0.05, 0) is 56.2 Å². The van der Waals surface area contributed by atoms with Gasteiger partial charge < -0.3 is 10.6 Å². The van der Waals surface area contributed by atoms with Gasteiger partial charge in [-0.25, -0.2) is 0 Å². The Hall–Kier alpha value is -1.35. The predicted molar refractivity (Wildman–Crippen MR) is 85.2 cm³/mol. The Labute approximate surface area is 127 Å². The number of rotatable bonds is 3. The van der Waals surface area contributed by atoms with E-state index in [2.05, 4.69) is 41.8 Å². The maximum absolute atomic E-state index is 12.8. The molecule has 1 heterocycles. The van der Waals surface area contributed by atoms with Crippen molar-refractivity contribution in [3.63, 3.8) is 0 Å². The fourth-order valence-corrected chi connectivity index (χ4v) is 3.78. The van der Waals surface area contributed by atoms with Gasteiger partial charge in [0.05, 0.1) is 5.41 Å². The summed E-state index contributed by atoms with van der Waals surface area (Å²) in [5, 5.41) is 6.74. The molecular weight excluding hydrogens is 260 g/mol. The molecular formula is C18H26N2O. The largest absolute Gasteiger partial charge is 0.353 e. The highest BCUT2D eigenvalue weighted by Gasteiger charge is 2.38. The Kier molecular flexibility index (Phi) is 4.29. The van der Waals surface area contributed by atoms with Crippen LogP contribution in [0, 0.1) is 5.41 Å². The average molecular weight is 286 g/mol. The lowest BCUT2D eigenvalue weighted by atomic mass is 9.77. The predicted octanol–water partition coefficient (Wildman–Crippen LogP) is 2.44. The number of benzene rings is 1. The molecule has 3 rings (SSSR count). The molecule has 2 aliphatic rings. The molecule has 0 bridgehead atoms. The zero-order chi connectivity index (χ0) is 14.7. The molecule has 1 aliphatic carbocycles. The van der Waals surface area contributed by atoms with Crippen molar-refractivity contribution in [2.75, 3.05) is 13.1 Å². The van der Waals surface area contributed by atoms with E-state index in [9.17, 15) is 4.79 Å². The summed E-state index contributed by atoms with van der Waals surface area (Å²) in [6, 6.07) is 8.93. The topological polar surface area (TPSA) is 41.1 Å². The second-order valence-corrected chi connectivity index (χ2v) is 6.60. The van der Waals surface area contributed by atoms with Crippen LogP contribution in [0.15, 0.2) is 24.3 Å². The molecule has 3 nitrogen and oxygen atoms in total. The fourth-order valence-electron chi connectivity index (χ4n) is 3.78. The third-order valence-corrected chi connectivity index (χ3v) is 5.31. The highest BCUT2D eigenvalue weighted by Crippen LogP contribution is 2.31. The molecule has 1 aromatic rings. The van der Waals surface area contributed by atoms with Crippen molar-refractivity contribution in [2.24, 2.45) is 5.41 Å². The van der Waals surface area contributed by atoms with Gasteiger partial charge >= 0.3 is 0 Å². The molecule has 1 amide bonds. The summed E-state index contributed by atoms with van der Waals surface area (Å²) in [6.07, 6.45) is 6.18. The Morgan fingerprint density at radius 1 is 1.38 bits per heavy atom. The van der Waals surface area contributed by atoms with E-state index in [1.165, 1.54) is 11.1 Å².